The Kier molecular flexibility index (Phi) is 3.31. The molecule has 5 nitrogen and oxygen atoms in total. The van der Waals surface area contributed by atoms with Gasteiger partial charge in [-0.15, -0.1) is 10.2 Å². The lowest BCUT2D eigenvalue weighted by Crippen LogP contribution is -2.12. The van der Waals surface area contributed by atoms with Gasteiger partial charge in [-0.2, -0.15) is 0 Å². The van der Waals surface area contributed by atoms with E-state index < -0.39 is 0 Å². The number of hydrogen-bond donors (Lipinski definition) is 1. The lowest BCUT2D eigenvalue weighted by Gasteiger charge is -2.02. The van der Waals surface area contributed by atoms with Gasteiger partial charge in [-0.05, 0) is 36.0 Å². The fraction of sp³-hybridized carbons (Fsp3) is 0.300. The van der Waals surface area contributed by atoms with Gasteiger partial charge in [0.2, 0.25) is 11.8 Å². The average molecular weight is 283 g/mol. The monoisotopic (exact) mass is 282 g/mol. The predicted octanol–water partition coefficient (Wildman–Crippen LogP) is 2.17. The Labute approximate surface area is 101 Å². The molecule has 2 heterocycles. The Morgan fingerprint density at radius 3 is 2.88 bits per heavy atom. The zero-order valence-corrected chi connectivity index (χ0v) is 10.5. The molecule has 0 aliphatic rings. The van der Waals surface area contributed by atoms with Crippen LogP contribution in [0.1, 0.15) is 18.9 Å². The van der Waals surface area contributed by atoms with Crippen LogP contribution in [0.2, 0.25) is 0 Å². The molecule has 1 unspecified atom stereocenters. The molecule has 0 bridgehead atoms. The average Bonchev–Trinajstić information content (AvgIpc) is 2.77. The summed E-state index contributed by atoms with van der Waals surface area (Å²) in [5.74, 6) is 1.04. The fourth-order valence-corrected chi connectivity index (χ4v) is 1.54. The summed E-state index contributed by atoms with van der Waals surface area (Å²) in [5, 5.41) is 11.0. The quantitative estimate of drug-likeness (QED) is 0.935. The van der Waals surface area contributed by atoms with Crippen LogP contribution in [-0.2, 0) is 0 Å². The number of nitrogens with zero attached hydrogens (tertiary/aromatic N) is 3. The van der Waals surface area contributed by atoms with Crippen LogP contribution in [0.5, 0.6) is 0 Å². The maximum Gasteiger partial charge on any atom is 0.249 e. The van der Waals surface area contributed by atoms with Crippen molar-refractivity contribution in [1.29, 1.82) is 0 Å². The molecule has 84 valence electrons. The van der Waals surface area contributed by atoms with E-state index >= 15 is 0 Å². The van der Waals surface area contributed by atoms with Crippen molar-refractivity contribution in [3.63, 3.8) is 0 Å². The van der Waals surface area contributed by atoms with Crippen LogP contribution >= 0.6 is 15.9 Å². The van der Waals surface area contributed by atoms with Crippen molar-refractivity contribution in [2.24, 2.45) is 0 Å². The second-order valence-corrected chi connectivity index (χ2v) is 4.26. The van der Waals surface area contributed by atoms with Gasteiger partial charge in [0.15, 0.2) is 0 Å². The number of aromatic nitrogens is 3. The number of rotatable bonds is 3. The van der Waals surface area contributed by atoms with Gasteiger partial charge in [0.25, 0.3) is 0 Å². The molecule has 0 fully saturated rings. The van der Waals surface area contributed by atoms with Gasteiger partial charge in [-0.3, -0.25) is 4.98 Å². The SMILES string of the molecule is CNC(C)c1nnc(-c2cncc(Br)c2)o1. The Balaban J connectivity index is 2.31. The number of pyridine rings is 1. The molecule has 2 aromatic rings. The lowest BCUT2D eigenvalue weighted by molar-refractivity contribution is 0.441. The topological polar surface area (TPSA) is 63.8 Å². The second-order valence-electron chi connectivity index (χ2n) is 3.35. The molecule has 16 heavy (non-hydrogen) atoms. The van der Waals surface area contributed by atoms with Gasteiger partial charge >= 0.3 is 0 Å². The second kappa shape index (κ2) is 4.71. The van der Waals surface area contributed by atoms with Crippen molar-refractivity contribution >= 4 is 15.9 Å². The molecule has 0 amide bonds. The first-order valence-electron chi connectivity index (χ1n) is 4.82. The van der Waals surface area contributed by atoms with Gasteiger partial charge in [0, 0.05) is 16.9 Å². The van der Waals surface area contributed by atoms with Crippen molar-refractivity contribution in [3.05, 3.63) is 28.8 Å². The Morgan fingerprint density at radius 1 is 1.38 bits per heavy atom. The van der Waals surface area contributed by atoms with E-state index in [0.29, 0.717) is 11.8 Å². The molecule has 0 radical (unpaired) electrons. The normalized spacial score (nSPS) is 12.7. The van der Waals surface area contributed by atoms with Gasteiger partial charge in [-0.25, -0.2) is 0 Å². The first-order valence-corrected chi connectivity index (χ1v) is 5.61. The molecule has 2 aromatic heterocycles. The summed E-state index contributed by atoms with van der Waals surface area (Å²) < 4.78 is 6.41. The van der Waals surface area contributed by atoms with E-state index in [4.69, 9.17) is 4.42 Å². The molecule has 0 spiro atoms. The summed E-state index contributed by atoms with van der Waals surface area (Å²) in [6.07, 6.45) is 3.39. The molecule has 6 heteroatoms. The summed E-state index contributed by atoms with van der Waals surface area (Å²) >= 11 is 3.34. The maximum absolute atomic E-state index is 5.53. The zero-order valence-electron chi connectivity index (χ0n) is 8.94. The lowest BCUT2D eigenvalue weighted by atomic mass is 10.3. The van der Waals surface area contributed by atoms with E-state index in [1.165, 1.54) is 0 Å². The molecular formula is C10H11BrN4O. The van der Waals surface area contributed by atoms with Crippen molar-refractivity contribution in [1.82, 2.24) is 20.5 Å². The van der Waals surface area contributed by atoms with Crippen LogP contribution in [0, 0.1) is 0 Å². The Bertz CT molecular complexity index is 485. The fourth-order valence-electron chi connectivity index (χ4n) is 1.18. The summed E-state index contributed by atoms with van der Waals surface area (Å²) in [4.78, 5) is 4.04. The molecular weight excluding hydrogens is 272 g/mol. The van der Waals surface area contributed by atoms with E-state index in [-0.39, 0.29) is 6.04 Å². The highest BCUT2D eigenvalue weighted by Crippen LogP contribution is 2.22. The number of nitrogens with one attached hydrogen (secondary N) is 1. The minimum Gasteiger partial charge on any atom is -0.419 e. The minimum absolute atomic E-state index is 0.0429. The summed E-state index contributed by atoms with van der Waals surface area (Å²) in [6.45, 7) is 1.95. The molecule has 0 saturated heterocycles. The highest BCUT2D eigenvalue weighted by Gasteiger charge is 2.13. The van der Waals surface area contributed by atoms with Crippen LogP contribution in [0.25, 0.3) is 11.5 Å². The Morgan fingerprint density at radius 2 is 2.19 bits per heavy atom. The standard InChI is InChI=1S/C10H11BrN4O/c1-6(12-2)9-14-15-10(16-9)7-3-8(11)5-13-4-7/h3-6,12H,1-2H3. The van der Waals surface area contributed by atoms with Crippen LogP contribution in [0.4, 0.5) is 0 Å². The third-order valence-corrected chi connectivity index (χ3v) is 2.63. The highest BCUT2D eigenvalue weighted by atomic mass is 79.9. The number of hydrogen-bond acceptors (Lipinski definition) is 5. The summed E-state index contributed by atoms with van der Waals surface area (Å²) in [7, 11) is 1.84. The number of halogens is 1. The van der Waals surface area contributed by atoms with Crippen molar-refractivity contribution in [2.75, 3.05) is 7.05 Å². The molecule has 1 N–H and O–H groups in total. The molecule has 0 aromatic carbocycles. The van der Waals surface area contributed by atoms with E-state index in [1.54, 1.807) is 12.4 Å². The molecule has 0 aliphatic carbocycles. The predicted molar refractivity (Wildman–Crippen MR) is 62.7 cm³/mol. The van der Waals surface area contributed by atoms with Gasteiger partial charge in [0.05, 0.1) is 11.6 Å². The molecule has 0 aliphatic heterocycles. The molecule has 0 saturated carbocycles. The van der Waals surface area contributed by atoms with Gasteiger partial charge in [0.1, 0.15) is 0 Å². The van der Waals surface area contributed by atoms with Crippen molar-refractivity contribution in [2.45, 2.75) is 13.0 Å². The summed E-state index contributed by atoms with van der Waals surface area (Å²) in [5.41, 5.74) is 0.802. The highest BCUT2D eigenvalue weighted by molar-refractivity contribution is 9.10. The molecule has 2 rings (SSSR count). The van der Waals surface area contributed by atoms with E-state index in [0.717, 1.165) is 10.0 Å². The van der Waals surface area contributed by atoms with Crippen LogP contribution in [0.3, 0.4) is 0 Å². The zero-order chi connectivity index (χ0) is 11.5. The van der Waals surface area contributed by atoms with E-state index in [2.05, 4.69) is 36.4 Å². The van der Waals surface area contributed by atoms with E-state index in [9.17, 15) is 0 Å². The van der Waals surface area contributed by atoms with Crippen LogP contribution < -0.4 is 5.32 Å². The maximum atomic E-state index is 5.53. The van der Waals surface area contributed by atoms with Crippen LogP contribution in [0.15, 0.2) is 27.3 Å². The first-order chi connectivity index (χ1) is 7.70. The van der Waals surface area contributed by atoms with Gasteiger partial charge in [-0.1, -0.05) is 0 Å². The van der Waals surface area contributed by atoms with Crippen molar-refractivity contribution in [3.8, 4) is 11.5 Å². The minimum atomic E-state index is 0.0429. The van der Waals surface area contributed by atoms with Crippen LogP contribution in [-0.4, -0.2) is 22.2 Å². The van der Waals surface area contributed by atoms with Crippen molar-refractivity contribution < 1.29 is 4.42 Å². The first kappa shape index (κ1) is 11.2. The van der Waals surface area contributed by atoms with Gasteiger partial charge < -0.3 is 9.73 Å². The molecule has 1 atom stereocenters. The third kappa shape index (κ3) is 2.28. The summed E-state index contributed by atoms with van der Waals surface area (Å²) in [6, 6.07) is 1.93. The smallest absolute Gasteiger partial charge is 0.249 e. The largest absolute Gasteiger partial charge is 0.419 e. The Hall–Kier alpha value is -1.27. The third-order valence-electron chi connectivity index (χ3n) is 2.20. The van der Waals surface area contributed by atoms with E-state index in [1.807, 2.05) is 20.0 Å².